The van der Waals surface area contributed by atoms with Crippen molar-refractivity contribution in [3.05, 3.63) is 81.7 Å². The second-order valence-corrected chi connectivity index (χ2v) is 8.07. The number of hydrogen-bond donors (Lipinski definition) is 1. The molecule has 1 N–H and O–H groups in total. The molecule has 2 heterocycles. The van der Waals surface area contributed by atoms with Gasteiger partial charge < -0.3 is 9.84 Å². The minimum absolute atomic E-state index is 0.0914. The number of ether oxygens (including phenoxy) is 1. The Hall–Kier alpha value is -3.22. The molecule has 2 aromatic carbocycles. The Kier molecular flexibility index (Phi) is 6.53. The number of hydrogen-bond acceptors (Lipinski definition) is 5. The largest absolute Gasteiger partial charge is 0.497 e. The van der Waals surface area contributed by atoms with Crippen molar-refractivity contribution < 1.29 is 14.6 Å². The number of aryl methyl sites for hydroxylation is 1. The highest BCUT2D eigenvalue weighted by Gasteiger charge is 2.16. The number of nitrogens with zero attached hydrogens (tertiary/aromatic N) is 3. The van der Waals surface area contributed by atoms with Gasteiger partial charge in [0.05, 0.1) is 22.8 Å². The maximum atomic E-state index is 10.8. The molecular weight excluding hydrogens is 449 g/mol. The summed E-state index contributed by atoms with van der Waals surface area (Å²) < 4.78 is 5.43. The van der Waals surface area contributed by atoms with E-state index in [4.69, 9.17) is 33.0 Å². The van der Waals surface area contributed by atoms with Gasteiger partial charge in [0.2, 0.25) is 0 Å². The molecule has 0 radical (unpaired) electrons. The van der Waals surface area contributed by atoms with E-state index in [9.17, 15) is 4.79 Å². The van der Waals surface area contributed by atoms with Gasteiger partial charge in [-0.25, -0.2) is 0 Å². The Balaban J connectivity index is 1.77. The van der Waals surface area contributed by atoms with Crippen molar-refractivity contribution in [2.45, 2.75) is 19.3 Å². The molecule has 0 unspecified atom stereocenters. The number of rotatable bonds is 7. The number of benzene rings is 2. The lowest BCUT2D eigenvalue weighted by molar-refractivity contribution is -0.136. The molecule has 4 aromatic rings. The fraction of sp³-hybridized carbons (Fsp3) is 0.167. The van der Waals surface area contributed by atoms with Crippen LogP contribution in [0.1, 0.15) is 23.2 Å². The Morgan fingerprint density at radius 3 is 2.38 bits per heavy atom. The van der Waals surface area contributed by atoms with Crippen LogP contribution >= 0.6 is 23.2 Å². The molecule has 0 saturated carbocycles. The summed E-state index contributed by atoms with van der Waals surface area (Å²) in [5.41, 5.74) is 4.01. The zero-order valence-corrected chi connectivity index (χ0v) is 18.7. The maximum Gasteiger partial charge on any atom is 0.303 e. The van der Waals surface area contributed by atoms with Crippen LogP contribution in [0.2, 0.25) is 10.0 Å². The van der Waals surface area contributed by atoms with Crippen molar-refractivity contribution in [3.8, 4) is 17.0 Å². The van der Waals surface area contributed by atoms with Crippen LogP contribution in [0.25, 0.3) is 22.0 Å². The normalized spacial score (nSPS) is 11.0. The van der Waals surface area contributed by atoms with Crippen LogP contribution in [0.5, 0.6) is 5.75 Å². The van der Waals surface area contributed by atoms with Crippen molar-refractivity contribution in [1.29, 1.82) is 0 Å². The monoisotopic (exact) mass is 467 g/mol. The molecule has 162 valence electrons. The summed E-state index contributed by atoms with van der Waals surface area (Å²) in [7, 11) is 1.62. The van der Waals surface area contributed by atoms with Crippen LogP contribution in [0, 0.1) is 0 Å². The van der Waals surface area contributed by atoms with Crippen LogP contribution in [0.3, 0.4) is 0 Å². The number of halogens is 2. The third kappa shape index (κ3) is 4.66. The van der Waals surface area contributed by atoms with Gasteiger partial charge in [0.25, 0.3) is 0 Å². The summed E-state index contributed by atoms with van der Waals surface area (Å²) in [6.07, 6.45) is 4.09. The van der Waals surface area contributed by atoms with Gasteiger partial charge in [0.1, 0.15) is 11.4 Å². The Labute approximate surface area is 194 Å². The second kappa shape index (κ2) is 9.51. The molecule has 0 bridgehead atoms. The molecule has 8 heteroatoms. The van der Waals surface area contributed by atoms with E-state index in [2.05, 4.69) is 15.2 Å². The Morgan fingerprint density at radius 2 is 1.72 bits per heavy atom. The third-order valence-corrected chi connectivity index (χ3v) is 5.87. The zero-order chi connectivity index (χ0) is 22.7. The van der Waals surface area contributed by atoms with E-state index >= 15 is 0 Å². The molecule has 6 nitrogen and oxygen atoms in total. The van der Waals surface area contributed by atoms with Gasteiger partial charge in [0, 0.05) is 41.6 Å². The number of aromatic nitrogens is 3. The van der Waals surface area contributed by atoms with Crippen LogP contribution in [0.15, 0.2) is 54.9 Å². The molecule has 0 atom stereocenters. The van der Waals surface area contributed by atoms with E-state index in [0.29, 0.717) is 34.3 Å². The van der Waals surface area contributed by atoms with Crippen LogP contribution < -0.4 is 4.74 Å². The average molecular weight is 468 g/mol. The van der Waals surface area contributed by atoms with E-state index in [1.165, 1.54) is 0 Å². The van der Waals surface area contributed by atoms with Crippen molar-refractivity contribution in [2.24, 2.45) is 0 Å². The summed E-state index contributed by atoms with van der Waals surface area (Å²) in [4.78, 5) is 14.8. The molecule has 0 saturated heterocycles. The topological polar surface area (TPSA) is 85.2 Å². The van der Waals surface area contributed by atoms with Gasteiger partial charge in [-0.2, -0.15) is 5.10 Å². The van der Waals surface area contributed by atoms with E-state index in [1.807, 2.05) is 42.5 Å². The molecule has 0 aliphatic heterocycles. The molecular formula is C24H19Cl2N3O3. The number of fused-ring (bicyclic) bond motifs is 1. The standard InChI is InChI=1S/C24H19Cl2N3O3/c1-32-16-7-8-17-18(10-16)24(15-5-2-14(3-6-15)4-9-23(30)31)29-28-22(17)11-19-20(25)12-27-13-21(19)26/h2-3,5-8,10,12-13H,4,9,11H2,1H3,(H,30,31). The fourth-order valence-electron chi connectivity index (χ4n) is 3.51. The van der Waals surface area contributed by atoms with Crippen molar-refractivity contribution in [1.82, 2.24) is 15.2 Å². The third-order valence-electron chi connectivity index (χ3n) is 5.21. The summed E-state index contributed by atoms with van der Waals surface area (Å²) in [5.74, 6) is -0.112. The van der Waals surface area contributed by atoms with Gasteiger partial charge in [0.15, 0.2) is 0 Å². The fourth-order valence-corrected chi connectivity index (χ4v) is 4.01. The van der Waals surface area contributed by atoms with E-state index in [0.717, 1.165) is 33.2 Å². The molecule has 2 aromatic heterocycles. The summed E-state index contributed by atoms with van der Waals surface area (Å²) in [6, 6.07) is 13.4. The molecule has 0 spiro atoms. The smallest absolute Gasteiger partial charge is 0.303 e. The molecule has 0 aliphatic rings. The van der Waals surface area contributed by atoms with E-state index in [1.54, 1.807) is 19.5 Å². The van der Waals surface area contributed by atoms with Gasteiger partial charge >= 0.3 is 5.97 Å². The van der Waals surface area contributed by atoms with Gasteiger partial charge in [-0.05, 0) is 35.7 Å². The Morgan fingerprint density at radius 1 is 1.00 bits per heavy atom. The molecule has 32 heavy (non-hydrogen) atoms. The number of aliphatic carboxylic acids is 1. The number of carbonyl (C=O) groups is 1. The summed E-state index contributed by atoms with van der Waals surface area (Å²) in [5, 5.41) is 20.6. The number of methoxy groups -OCH3 is 1. The Bertz CT molecular complexity index is 1270. The van der Waals surface area contributed by atoms with Crippen molar-refractivity contribution >= 4 is 39.9 Å². The summed E-state index contributed by atoms with van der Waals surface area (Å²) >= 11 is 12.6. The van der Waals surface area contributed by atoms with Crippen molar-refractivity contribution in [2.75, 3.05) is 7.11 Å². The number of pyridine rings is 1. The SMILES string of the molecule is COc1ccc2c(Cc3c(Cl)cncc3Cl)nnc(-c3ccc(CCC(=O)O)cc3)c2c1. The minimum Gasteiger partial charge on any atom is -0.497 e. The highest BCUT2D eigenvalue weighted by molar-refractivity contribution is 6.35. The maximum absolute atomic E-state index is 10.8. The highest BCUT2D eigenvalue weighted by atomic mass is 35.5. The molecule has 0 amide bonds. The first-order valence-corrected chi connectivity index (χ1v) is 10.6. The van der Waals surface area contributed by atoms with Crippen LogP contribution in [-0.4, -0.2) is 33.4 Å². The van der Waals surface area contributed by atoms with Gasteiger partial charge in [-0.1, -0.05) is 47.5 Å². The number of carboxylic acids is 1. The minimum atomic E-state index is -0.817. The molecule has 0 aliphatic carbocycles. The molecule has 0 fully saturated rings. The van der Waals surface area contributed by atoms with E-state index in [-0.39, 0.29) is 6.42 Å². The van der Waals surface area contributed by atoms with Gasteiger partial charge in [-0.3, -0.25) is 9.78 Å². The predicted molar refractivity (Wildman–Crippen MR) is 125 cm³/mol. The first kappa shape index (κ1) is 22.0. The lowest BCUT2D eigenvalue weighted by Gasteiger charge is -2.12. The first-order chi connectivity index (χ1) is 15.5. The molecule has 4 rings (SSSR count). The first-order valence-electron chi connectivity index (χ1n) is 9.88. The number of carboxylic acid groups (broad SMARTS) is 1. The van der Waals surface area contributed by atoms with Crippen LogP contribution in [-0.2, 0) is 17.6 Å². The summed E-state index contributed by atoms with van der Waals surface area (Å²) in [6.45, 7) is 0. The lowest BCUT2D eigenvalue weighted by atomic mass is 9.99. The van der Waals surface area contributed by atoms with E-state index < -0.39 is 5.97 Å². The highest BCUT2D eigenvalue weighted by Crippen LogP contribution is 2.33. The zero-order valence-electron chi connectivity index (χ0n) is 17.2. The predicted octanol–water partition coefficient (Wildman–Crippen LogP) is 5.62. The quantitative estimate of drug-likeness (QED) is 0.379. The van der Waals surface area contributed by atoms with Gasteiger partial charge in [-0.15, -0.1) is 5.10 Å². The van der Waals surface area contributed by atoms with Crippen molar-refractivity contribution in [3.63, 3.8) is 0 Å². The average Bonchev–Trinajstić information content (AvgIpc) is 2.80. The lowest BCUT2D eigenvalue weighted by Crippen LogP contribution is -2.01. The van der Waals surface area contributed by atoms with Crippen LogP contribution in [0.4, 0.5) is 0 Å². The second-order valence-electron chi connectivity index (χ2n) is 7.26.